The van der Waals surface area contributed by atoms with Crippen LogP contribution in [0.25, 0.3) is 0 Å². The molecule has 0 amide bonds. The third-order valence-electron chi connectivity index (χ3n) is 1.07. The molecule has 0 aromatic heterocycles. The number of hydrogen-bond donors (Lipinski definition) is 1. The number of anilines is 1. The fourth-order valence-corrected chi connectivity index (χ4v) is 1.05. The van der Waals surface area contributed by atoms with Gasteiger partial charge in [-0.25, -0.2) is 0 Å². The van der Waals surface area contributed by atoms with Crippen molar-refractivity contribution in [2.75, 3.05) is 5.73 Å². The van der Waals surface area contributed by atoms with E-state index in [1.807, 2.05) is 23.6 Å². The highest BCUT2D eigenvalue weighted by molar-refractivity contribution is 8.03. The van der Waals surface area contributed by atoms with Crippen molar-refractivity contribution in [3.8, 4) is 11.5 Å². The Morgan fingerprint density at radius 1 is 1.31 bits per heavy atom. The molecule has 0 bridgehead atoms. The average molecular weight is 191 g/mol. The number of benzene rings is 1. The highest BCUT2D eigenvalue weighted by Crippen LogP contribution is 2.22. The molecule has 1 aromatic carbocycles. The number of rotatable bonds is 1. The van der Waals surface area contributed by atoms with E-state index in [4.69, 9.17) is 16.3 Å². The monoisotopic (exact) mass is 191 g/mol. The van der Waals surface area contributed by atoms with Crippen LogP contribution in [0.2, 0.25) is 0 Å². The van der Waals surface area contributed by atoms with E-state index in [1.165, 1.54) is 6.92 Å². The van der Waals surface area contributed by atoms with Crippen LogP contribution >= 0.6 is 11.8 Å². The number of nitriles is 2. The summed E-state index contributed by atoms with van der Waals surface area (Å²) in [4.78, 5) is 0.824. The number of hydrogen-bond acceptors (Lipinski definition) is 4. The van der Waals surface area contributed by atoms with E-state index in [-0.39, 0.29) is 0 Å². The van der Waals surface area contributed by atoms with Gasteiger partial charge < -0.3 is 5.73 Å². The zero-order valence-corrected chi connectivity index (χ0v) is 8.01. The first-order valence-electron chi connectivity index (χ1n) is 3.47. The largest absolute Gasteiger partial charge is 0.398 e. The summed E-state index contributed by atoms with van der Waals surface area (Å²) in [5.41, 5.74) is 6.20. The molecule has 0 aliphatic heterocycles. The van der Waals surface area contributed by atoms with Crippen molar-refractivity contribution in [3.63, 3.8) is 0 Å². The van der Waals surface area contributed by atoms with E-state index in [9.17, 15) is 0 Å². The Morgan fingerprint density at radius 3 is 2.31 bits per heavy atom. The molecule has 4 heteroatoms. The molecule has 13 heavy (non-hydrogen) atoms. The smallest absolute Gasteiger partial charge is 0.138 e. The Bertz CT molecular complexity index is 335. The molecule has 1 rings (SSSR count). The SMILES string of the molecule is CC#N.N#CSc1ccccc1N. The standard InChI is InChI=1S/C7H6N2S.C2H3N/c8-5-10-7-4-2-1-3-6(7)9;1-2-3/h1-4H,9H2;1H3. The van der Waals surface area contributed by atoms with E-state index in [1.54, 1.807) is 12.1 Å². The van der Waals surface area contributed by atoms with Crippen molar-refractivity contribution in [2.45, 2.75) is 11.8 Å². The number of nitrogens with two attached hydrogens (primary N) is 1. The lowest BCUT2D eigenvalue weighted by molar-refractivity contribution is 1.47. The van der Waals surface area contributed by atoms with Gasteiger partial charge in [0.1, 0.15) is 5.40 Å². The normalized spacial score (nSPS) is 7.31. The molecule has 0 unspecified atom stereocenters. The molecule has 0 spiro atoms. The summed E-state index contributed by atoms with van der Waals surface area (Å²) in [5, 5.41) is 17.6. The minimum atomic E-state index is 0.661. The number of para-hydroxylation sites is 1. The van der Waals surface area contributed by atoms with Gasteiger partial charge in [-0.05, 0) is 23.9 Å². The van der Waals surface area contributed by atoms with Gasteiger partial charge >= 0.3 is 0 Å². The first kappa shape index (κ1) is 11.4. The van der Waals surface area contributed by atoms with Crippen LogP contribution in [0.1, 0.15) is 6.92 Å². The molecule has 2 N–H and O–H groups in total. The number of nitrogens with zero attached hydrogens (tertiary/aromatic N) is 2. The molecule has 0 aliphatic carbocycles. The second-order valence-corrected chi connectivity index (χ2v) is 2.78. The highest BCUT2D eigenvalue weighted by atomic mass is 32.2. The first-order chi connectivity index (χ1) is 6.26. The molecule has 0 saturated carbocycles. The predicted molar refractivity (Wildman–Crippen MR) is 53.6 cm³/mol. The van der Waals surface area contributed by atoms with Crippen molar-refractivity contribution in [2.24, 2.45) is 0 Å². The quantitative estimate of drug-likeness (QED) is 0.420. The van der Waals surface area contributed by atoms with Gasteiger partial charge in [-0.1, -0.05) is 12.1 Å². The average Bonchev–Trinajstić information content (AvgIpc) is 2.11. The Kier molecular flexibility index (Phi) is 6.13. The topological polar surface area (TPSA) is 73.6 Å². The second kappa shape index (κ2) is 7.02. The first-order valence-corrected chi connectivity index (χ1v) is 4.29. The van der Waals surface area contributed by atoms with E-state index in [0.29, 0.717) is 5.69 Å². The van der Waals surface area contributed by atoms with Crippen LogP contribution in [-0.4, -0.2) is 0 Å². The maximum absolute atomic E-state index is 8.30. The minimum Gasteiger partial charge on any atom is -0.398 e. The summed E-state index contributed by atoms with van der Waals surface area (Å²) in [6.07, 6.45) is 0. The zero-order chi connectivity index (χ0) is 10.1. The van der Waals surface area contributed by atoms with Crippen molar-refractivity contribution in [1.29, 1.82) is 10.5 Å². The lowest BCUT2D eigenvalue weighted by Gasteiger charge is -1.96. The summed E-state index contributed by atoms with van der Waals surface area (Å²) in [6.45, 7) is 1.43. The fraction of sp³-hybridized carbons (Fsp3) is 0.111. The number of thioether (sulfide) groups is 1. The van der Waals surface area contributed by atoms with Crippen LogP contribution in [0.15, 0.2) is 29.2 Å². The van der Waals surface area contributed by atoms with Gasteiger partial charge in [-0.15, -0.1) is 0 Å². The minimum absolute atomic E-state index is 0.661. The van der Waals surface area contributed by atoms with E-state index in [0.717, 1.165) is 16.7 Å². The summed E-state index contributed by atoms with van der Waals surface area (Å²) in [6, 6.07) is 9.05. The second-order valence-electron chi connectivity index (χ2n) is 1.95. The molecule has 0 radical (unpaired) electrons. The Morgan fingerprint density at radius 2 is 1.85 bits per heavy atom. The van der Waals surface area contributed by atoms with E-state index >= 15 is 0 Å². The molecule has 3 nitrogen and oxygen atoms in total. The van der Waals surface area contributed by atoms with Crippen LogP contribution in [0.5, 0.6) is 0 Å². The maximum atomic E-state index is 8.30. The molecule has 0 heterocycles. The van der Waals surface area contributed by atoms with E-state index in [2.05, 4.69) is 0 Å². The summed E-state index contributed by atoms with van der Waals surface area (Å²) in [5.74, 6) is 0. The third-order valence-corrected chi connectivity index (χ3v) is 1.76. The lowest BCUT2D eigenvalue weighted by atomic mass is 10.3. The highest BCUT2D eigenvalue weighted by Gasteiger charge is 1.94. The van der Waals surface area contributed by atoms with Crippen molar-refractivity contribution < 1.29 is 0 Å². The molecular weight excluding hydrogens is 182 g/mol. The van der Waals surface area contributed by atoms with Gasteiger partial charge in [-0.3, -0.25) is 0 Å². The van der Waals surface area contributed by atoms with Gasteiger partial charge in [0, 0.05) is 17.5 Å². The molecule has 1 aromatic rings. The molecule has 0 aliphatic rings. The predicted octanol–water partition coefficient (Wildman–Crippen LogP) is 2.37. The van der Waals surface area contributed by atoms with Gasteiger partial charge in [-0.2, -0.15) is 10.5 Å². The van der Waals surface area contributed by atoms with Gasteiger partial charge in [0.05, 0.1) is 6.07 Å². The maximum Gasteiger partial charge on any atom is 0.138 e. The Balaban J connectivity index is 0.000000424. The van der Waals surface area contributed by atoms with Crippen LogP contribution in [0.3, 0.4) is 0 Å². The van der Waals surface area contributed by atoms with Crippen LogP contribution in [0, 0.1) is 22.0 Å². The van der Waals surface area contributed by atoms with E-state index < -0.39 is 0 Å². The number of thiocyanates is 1. The zero-order valence-electron chi connectivity index (χ0n) is 7.19. The molecular formula is C9H9N3S. The van der Waals surface area contributed by atoms with Gasteiger partial charge in [0.15, 0.2) is 0 Å². The number of nitrogen functional groups attached to an aromatic ring is 1. The van der Waals surface area contributed by atoms with Crippen LogP contribution in [0.4, 0.5) is 5.69 Å². The van der Waals surface area contributed by atoms with Gasteiger partial charge in [0.25, 0.3) is 0 Å². The fourth-order valence-electron chi connectivity index (χ4n) is 0.623. The summed E-state index contributed by atoms with van der Waals surface area (Å²) in [7, 11) is 0. The lowest BCUT2D eigenvalue weighted by Crippen LogP contribution is -1.85. The van der Waals surface area contributed by atoms with Gasteiger partial charge in [0.2, 0.25) is 0 Å². The molecule has 0 atom stereocenters. The molecule has 0 saturated heterocycles. The van der Waals surface area contributed by atoms with Crippen LogP contribution < -0.4 is 5.73 Å². The van der Waals surface area contributed by atoms with Crippen molar-refractivity contribution >= 4 is 17.4 Å². The Labute approximate surface area is 81.8 Å². The van der Waals surface area contributed by atoms with Crippen molar-refractivity contribution in [1.82, 2.24) is 0 Å². The third kappa shape index (κ3) is 4.73. The molecule has 0 fully saturated rings. The molecule has 66 valence electrons. The summed E-state index contributed by atoms with van der Waals surface area (Å²) >= 11 is 1.08. The van der Waals surface area contributed by atoms with Crippen molar-refractivity contribution in [3.05, 3.63) is 24.3 Å². The Hall–Kier alpha value is -1.65. The summed E-state index contributed by atoms with van der Waals surface area (Å²) < 4.78 is 0. The van der Waals surface area contributed by atoms with Crippen LogP contribution in [-0.2, 0) is 0 Å².